The lowest BCUT2D eigenvalue weighted by molar-refractivity contribution is 0.476. The Kier molecular flexibility index (Phi) is 3.48. The summed E-state index contributed by atoms with van der Waals surface area (Å²) in [4.78, 5) is 28.1. The third kappa shape index (κ3) is 2.71. The minimum absolute atomic E-state index is 0.0399. The first kappa shape index (κ1) is 13.0. The molecule has 1 aromatic heterocycles. The smallest absolute Gasteiger partial charge is 0.310 e. The van der Waals surface area contributed by atoms with Crippen molar-refractivity contribution in [1.82, 2.24) is 4.98 Å². The SMILES string of the molecule is CC(=Nc1ccccc1O)c1c(O)sc(=O)[nH]c1=O. The average molecular weight is 278 g/mol. The first-order valence-corrected chi connectivity index (χ1v) is 6.10. The number of H-pyrrole nitrogens is 1. The van der Waals surface area contributed by atoms with Gasteiger partial charge in [0.05, 0.1) is 5.71 Å². The number of aromatic amines is 1. The maximum Gasteiger partial charge on any atom is 0.310 e. The largest absolute Gasteiger partial charge is 0.506 e. The monoisotopic (exact) mass is 278 g/mol. The predicted molar refractivity (Wildman–Crippen MR) is 72.9 cm³/mol. The maximum absolute atomic E-state index is 11.6. The number of hydrogen-bond acceptors (Lipinski definition) is 6. The van der Waals surface area contributed by atoms with Crippen LogP contribution in [0.4, 0.5) is 5.69 Å². The Labute approximate surface area is 111 Å². The summed E-state index contributed by atoms with van der Waals surface area (Å²) in [6, 6.07) is 6.34. The summed E-state index contributed by atoms with van der Waals surface area (Å²) in [6.07, 6.45) is 0. The number of aliphatic imine (C=N–C) groups is 1. The standard InChI is InChI=1S/C12H10N2O4S/c1-6(13-7-4-2-3-5-8(7)15)9-10(16)14-12(18)19-11(9)17/h2-5,15,17H,1H3,(H,14,16,18). The molecule has 7 heteroatoms. The molecule has 0 aliphatic carbocycles. The van der Waals surface area contributed by atoms with Crippen LogP contribution in [0.3, 0.4) is 0 Å². The Bertz CT molecular complexity index is 761. The molecule has 0 saturated carbocycles. The van der Waals surface area contributed by atoms with Gasteiger partial charge in [-0.15, -0.1) is 0 Å². The quantitative estimate of drug-likeness (QED) is 0.721. The van der Waals surface area contributed by atoms with Crippen molar-refractivity contribution in [2.75, 3.05) is 0 Å². The van der Waals surface area contributed by atoms with Gasteiger partial charge >= 0.3 is 4.87 Å². The Morgan fingerprint density at radius 2 is 1.95 bits per heavy atom. The van der Waals surface area contributed by atoms with Crippen molar-refractivity contribution in [2.45, 2.75) is 6.92 Å². The van der Waals surface area contributed by atoms with E-state index >= 15 is 0 Å². The van der Waals surface area contributed by atoms with Crippen molar-refractivity contribution in [1.29, 1.82) is 0 Å². The van der Waals surface area contributed by atoms with Gasteiger partial charge in [-0.1, -0.05) is 12.1 Å². The second-order valence-electron chi connectivity index (χ2n) is 3.71. The topological polar surface area (TPSA) is 103 Å². The number of benzene rings is 1. The molecule has 0 saturated heterocycles. The van der Waals surface area contributed by atoms with Crippen molar-refractivity contribution in [3.8, 4) is 10.8 Å². The summed E-state index contributed by atoms with van der Waals surface area (Å²) in [6.45, 7) is 1.51. The molecule has 6 nitrogen and oxygen atoms in total. The van der Waals surface area contributed by atoms with E-state index in [9.17, 15) is 19.8 Å². The first-order valence-electron chi connectivity index (χ1n) is 5.29. The summed E-state index contributed by atoms with van der Waals surface area (Å²) in [7, 11) is 0. The van der Waals surface area contributed by atoms with Crippen molar-refractivity contribution in [3.63, 3.8) is 0 Å². The second kappa shape index (κ2) is 5.07. The van der Waals surface area contributed by atoms with Crippen LogP contribution in [0.15, 0.2) is 38.8 Å². The zero-order chi connectivity index (χ0) is 14.0. The molecule has 1 heterocycles. The van der Waals surface area contributed by atoms with Gasteiger partial charge < -0.3 is 10.2 Å². The highest BCUT2D eigenvalue weighted by Crippen LogP contribution is 2.26. The van der Waals surface area contributed by atoms with Crippen LogP contribution in [0.5, 0.6) is 10.8 Å². The minimum Gasteiger partial charge on any atom is -0.506 e. The zero-order valence-electron chi connectivity index (χ0n) is 9.88. The van der Waals surface area contributed by atoms with Gasteiger partial charge in [-0.3, -0.25) is 14.6 Å². The fraction of sp³-hybridized carbons (Fsp3) is 0.0833. The second-order valence-corrected chi connectivity index (χ2v) is 4.67. The summed E-state index contributed by atoms with van der Waals surface area (Å²) in [5.41, 5.74) is -0.308. The molecule has 0 bridgehead atoms. The Balaban J connectivity index is 2.57. The highest BCUT2D eigenvalue weighted by molar-refractivity contribution is 7.11. The van der Waals surface area contributed by atoms with Gasteiger partial charge in [0.25, 0.3) is 5.56 Å². The van der Waals surface area contributed by atoms with Crippen LogP contribution in [-0.2, 0) is 0 Å². The predicted octanol–water partition coefficient (Wildman–Crippen LogP) is 1.35. The molecule has 1 aromatic carbocycles. The summed E-state index contributed by atoms with van der Waals surface area (Å²) >= 11 is 0.517. The average Bonchev–Trinajstić information content (AvgIpc) is 2.30. The Morgan fingerprint density at radius 1 is 1.26 bits per heavy atom. The number of aromatic hydroxyl groups is 2. The van der Waals surface area contributed by atoms with Crippen LogP contribution in [0, 0.1) is 0 Å². The van der Waals surface area contributed by atoms with Crippen LogP contribution in [0.1, 0.15) is 12.5 Å². The molecule has 0 amide bonds. The normalized spacial score (nSPS) is 11.5. The van der Waals surface area contributed by atoms with E-state index in [-0.39, 0.29) is 22.7 Å². The number of para-hydroxylation sites is 2. The van der Waals surface area contributed by atoms with Gasteiger partial charge in [-0.2, -0.15) is 0 Å². The molecule has 98 valence electrons. The van der Waals surface area contributed by atoms with Crippen molar-refractivity contribution in [2.24, 2.45) is 4.99 Å². The number of phenolic OH excluding ortho intramolecular Hbond substituents is 1. The van der Waals surface area contributed by atoms with Gasteiger partial charge in [-0.25, -0.2) is 4.99 Å². The van der Waals surface area contributed by atoms with E-state index in [1.807, 2.05) is 0 Å². The molecule has 0 aliphatic rings. The van der Waals surface area contributed by atoms with Crippen molar-refractivity contribution in [3.05, 3.63) is 49.9 Å². The highest BCUT2D eigenvalue weighted by atomic mass is 32.1. The lowest BCUT2D eigenvalue weighted by atomic mass is 10.2. The van der Waals surface area contributed by atoms with Crippen LogP contribution >= 0.6 is 11.3 Å². The minimum atomic E-state index is -0.710. The van der Waals surface area contributed by atoms with Gasteiger partial charge in [0, 0.05) is 0 Å². The van der Waals surface area contributed by atoms with E-state index in [1.165, 1.54) is 13.0 Å². The maximum atomic E-state index is 11.6. The molecule has 0 unspecified atom stereocenters. The molecule has 0 fully saturated rings. The van der Waals surface area contributed by atoms with E-state index in [2.05, 4.69) is 9.98 Å². The lowest BCUT2D eigenvalue weighted by Gasteiger charge is -2.03. The number of phenols is 1. The number of hydrogen-bond donors (Lipinski definition) is 3. The molecular weight excluding hydrogens is 268 g/mol. The fourth-order valence-electron chi connectivity index (χ4n) is 1.53. The molecule has 0 aliphatic heterocycles. The molecule has 0 spiro atoms. The van der Waals surface area contributed by atoms with Gasteiger partial charge in [0.2, 0.25) is 0 Å². The number of nitrogens with one attached hydrogen (secondary N) is 1. The van der Waals surface area contributed by atoms with E-state index < -0.39 is 15.5 Å². The number of rotatable bonds is 2. The van der Waals surface area contributed by atoms with E-state index in [0.717, 1.165) is 0 Å². The Morgan fingerprint density at radius 3 is 2.58 bits per heavy atom. The van der Waals surface area contributed by atoms with Crippen LogP contribution in [0.2, 0.25) is 0 Å². The van der Waals surface area contributed by atoms with Gasteiger partial charge in [-0.05, 0) is 30.4 Å². The molecule has 0 atom stereocenters. The molecule has 0 radical (unpaired) electrons. The van der Waals surface area contributed by atoms with Crippen molar-refractivity contribution >= 4 is 22.7 Å². The molecular formula is C12H10N2O4S. The van der Waals surface area contributed by atoms with E-state index in [0.29, 0.717) is 11.3 Å². The molecule has 19 heavy (non-hydrogen) atoms. The van der Waals surface area contributed by atoms with Crippen LogP contribution in [0.25, 0.3) is 0 Å². The molecule has 2 rings (SSSR count). The van der Waals surface area contributed by atoms with Crippen LogP contribution in [-0.4, -0.2) is 20.9 Å². The summed E-state index contributed by atoms with van der Waals surface area (Å²) in [5.74, 6) is -0.0399. The summed E-state index contributed by atoms with van der Waals surface area (Å²) in [5, 5.41) is 18.8. The summed E-state index contributed by atoms with van der Waals surface area (Å²) < 4.78 is 0. The number of aromatic nitrogens is 1. The lowest BCUT2D eigenvalue weighted by Crippen LogP contribution is -2.22. The van der Waals surface area contributed by atoms with Crippen molar-refractivity contribution < 1.29 is 10.2 Å². The van der Waals surface area contributed by atoms with E-state index in [4.69, 9.17) is 0 Å². The highest BCUT2D eigenvalue weighted by Gasteiger charge is 2.12. The molecule has 3 N–H and O–H groups in total. The third-order valence-corrected chi connectivity index (χ3v) is 3.06. The van der Waals surface area contributed by atoms with E-state index in [1.54, 1.807) is 18.2 Å². The third-order valence-electron chi connectivity index (χ3n) is 2.38. The van der Waals surface area contributed by atoms with Gasteiger partial charge in [0.1, 0.15) is 17.0 Å². The Hall–Kier alpha value is -2.41. The zero-order valence-corrected chi connectivity index (χ0v) is 10.7. The fourth-order valence-corrected chi connectivity index (χ4v) is 2.19. The van der Waals surface area contributed by atoms with Gasteiger partial charge in [0.15, 0.2) is 5.06 Å². The van der Waals surface area contributed by atoms with Crippen LogP contribution < -0.4 is 10.4 Å². The number of nitrogens with zero attached hydrogens (tertiary/aromatic N) is 1. The first-order chi connectivity index (χ1) is 8.99. The molecule has 2 aromatic rings.